The molecule has 0 spiro atoms. The quantitative estimate of drug-likeness (QED) is 0.320. The van der Waals surface area contributed by atoms with Gasteiger partial charge in [0.2, 0.25) is 5.95 Å². The molecule has 188 valence electrons. The Morgan fingerprint density at radius 1 is 0.973 bits per heavy atom. The van der Waals surface area contributed by atoms with E-state index in [0.29, 0.717) is 34.1 Å². The van der Waals surface area contributed by atoms with E-state index in [0.717, 1.165) is 10.9 Å². The maximum Gasteiger partial charge on any atom is 0.336 e. The second-order valence-electron chi connectivity index (χ2n) is 8.42. The average Bonchev–Trinajstić information content (AvgIpc) is 3.31. The van der Waals surface area contributed by atoms with Gasteiger partial charge in [0.1, 0.15) is 23.6 Å². The predicted molar refractivity (Wildman–Crippen MR) is 135 cm³/mol. The van der Waals surface area contributed by atoms with Crippen LogP contribution in [0.5, 0.6) is 5.75 Å². The lowest BCUT2D eigenvalue weighted by Gasteiger charge is -2.08. The van der Waals surface area contributed by atoms with Crippen molar-refractivity contribution >= 4 is 26.9 Å². The smallest absolute Gasteiger partial charge is 0.336 e. The normalized spacial score (nSPS) is 11.5. The maximum absolute atomic E-state index is 12.7. The molecule has 12 heteroatoms. The van der Waals surface area contributed by atoms with E-state index in [-0.39, 0.29) is 17.5 Å². The minimum absolute atomic E-state index is 0.0196. The second-order valence-corrected chi connectivity index (χ2v) is 10.1. The molecule has 0 saturated carbocycles. The molecule has 5 aromatic rings. The summed E-state index contributed by atoms with van der Waals surface area (Å²) >= 11 is 0. The van der Waals surface area contributed by atoms with Crippen LogP contribution < -0.4 is 15.1 Å². The number of fused-ring (bicyclic) bond motifs is 1. The molecule has 3 aromatic heterocycles. The molecule has 0 amide bonds. The number of nitrogens with one attached hydrogen (secondary N) is 1. The lowest BCUT2D eigenvalue weighted by Crippen LogP contribution is -2.15. The van der Waals surface area contributed by atoms with Gasteiger partial charge in [0, 0.05) is 28.9 Å². The van der Waals surface area contributed by atoms with Crippen molar-refractivity contribution in [1.82, 2.24) is 25.0 Å². The average molecular weight is 519 g/mol. The summed E-state index contributed by atoms with van der Waals surface area (Å²) in [5, 5.41) is 9.04. The molecule has 1 N–H and O–H groups in total. The van der Waals surface area contributed by atoms with Gasteiger partial charge < -0.3 is 9.15 Å². The summed E-state index contributed by atoms with van der Waals surface area (Å²) < 4.78 is 40.5. The Hall–Kier alpha value is -4.58. The van der Waals surface area contributed by atoms with Gasteiger partial charge in [-0.1, -0.05) is 5.21 Å². The molecule has 0 radical (unpaired) electrons. The van der Waals surface area contributed by atoms with Gasteiger partial charge in [-0.3, -0.25) is 0 Å². The molecule has 0 aliphatic carbocycles. The number of sulfonamides is 1. The van der Waals surface area contributed by atoms with Crippen LogP contribution >= 0.6 is 0 Å². The van der Waals surface area contributed by atoms with E-state index in [1.54, 1.807) is 50.4 Å². The van der Waals surface area contributed by atoms with Gasteiger partial charge in [-0.05, 0) is 68.8 Å². The van der Waals surface area contributed by atoms with Crippen molar-refractivity contribution in [2.24, 2.45) is 0 Å². The van der Waals surface area contributed by atoms with Crippen LogP contribution in [0.3, 0.4) is 0 Å². The molecular formula is C25H22N6O5S. The highest BCUT2D eigenvalue weighted by atomic mass is 32.2. The fraction of sp³-hybridized carbons (Fsp3) is 0.160. The lowest BCUT2D eigenvalue weighted by atomic mass is 10.1. The van der Waals surface area contributed by atoms with Gasteiger partial charge in [0.25, 0.3) is 10.0 Å². The van der Waals surface area contributed by atoms with E-state index in [4.69, 9.17) is 9.15 Å². The second kappa shape index (κ2) is 9.47. The zero-order valence-corrected chi connectivity index (χ0v) is 21.0. The Labute approximate surface area is 211 Å². The van der Waals surface area contributed by atoms with Crippen molar-refractivity contribution in [2.45, 2.75) is 32.3 Å². The first-order valence-corrected chi connectivity index (χ1v) is 12.7. The van der Waals surface area contributed by atoms with Crippen molar-refractivity contribution in [3.8, 4) is 11.4 Å². The summed E-state index contributed by atoms with van der Waals surface area (Å²) in [7, 11) is -3.87. The number of aryl methyl sites for hydroxylation is 3. The molecular weight excluding hydrogens is 496 g/mol. The van der Waals surface area contributed by atoms with E-state index in [9.17, 15) is 13.2 Å². The first-order valence-electron chi connectivity index (χ1n) is 11.2. The van der Waals surface area contributed by atoms with E-state index < -0.39 is 15.6 Å². The van der Waals surface area contributed by atoms with Crippen LogP contribution in [0.2, 0.25) is 0 Å². The van der Waals surface area contributed by atoms with Crippen molar-refractivity contribution in [2.75, 3.05) is 4.72 Å². The minimum Gasteiger partial charge on any atom is -0.487 e. The maximum atomic E-state index is 12.7. The van der Waals surface area contributed by atoms with Crippen LogP contribution in [-0.4, -0.2) is 33.4 Å². The highest BCUT2D eigenvalue weighted by Crippen LogP contribution is 2.23. The molecule has 3 heterocycles. The van der Waals surface area contributed by atoms with Gasteiger partial charge >= 0.3 is 5.63 Å². The van der Waals surface area contributed by atoms with Crippen LogP contribution in [0.15, 0.2) is 74.9 Å². The van der Waals surface area contributed by atoms with Crippen molar-refractivity contribution in [3.05, 3.63) is 93.9 Å². The summed E-state index contributed by atoms with van der Waals surface area (Å²) in [6, 6.07) is 14.6. The van der Waals surface area contributed by atoms with Gasteiger partial charge in [-0.15, -0.1) is 5.10 Å². The number of hydrogen-bond donors (Lipinski definition) is 1. The molecule has 0 saturated heterocycles. The summed E-state index contributed by atoms with van der Waals surface area (Å²) in [6.07, 6.45) is 1.68. The third kappa shape index (κ3) is 5.33. The summed E-state index contributed by atoms with van der Waals surface area (Å²) in [5.74, 6) is 0.539. The molecule has 0 bridgehead atoms. The number of hydrogen-bond acceptors (Lipinski definition) is 9. The van der Waals surface area contributed by atoms with Gasteiger partial charge in [0.05, 0.1) is 16.8 Å². The number of anilines is 1. The van der Waals surface area contributed by atoms with E-state index in [1.165, 1.54) is 22.9 Å². The molecule has 2 aromatic carbocycles. The Bertz CT molecular complexity index is 1760. The third-order valence-electron chi connectivity index (χ3n) is 5.47. The molecule has 0 aliphatic rings. The minimum atomic E-state index is -3.87. The summed E-state index contributed by atoms with van der Waals surface area (Å²) in [5.41, 5.74) is 3.34. The summed E-state index contributed by atoms with van der Waals surface area (Å²) in [6.45, 7) is 5.50. The zero-order valence-electron chi connectivity index (χ0n) is 20.2. The van der Waals surface area contributed by atoms with Gasteiger partial charge in [0.15, 0.2) is 0 Å². The number of aromatic nitrogens is 5. The molecule has 5 rings (SSSR count). The van der Waals surface area contributed by atoms with Gasteiger partial charge in [-0.2, -0.15) is 0 Å². The van der Waals surface area contributed by atoms with Crippen molar-refractivity contribution in [1.29, 1.82) is 0 Å². The number of rotatable bonds is 7. The first kappa shape index (κ1) is 24.1. The van der Waals surface area contributed by atoms with Crippen molar-refractivity contribution in [3.63, 3.8) is 0 Å². The monoisotopic (exact) mass is 518 g/mol. The molecule has 0 unspecified atom stereocenters. The van der Waals surface area contributed by atoms with Gasteiger partial charge in [-0.25, -0.2) is 32.6 Å². The molecule has 0 aliphatic heterocycles. The largest absolute Gasteiger partial charge is 0.487 e. The Kier molecular flexibility index (Phi) is 6.17. The highest BCUT2D eigenvalue weighted by molar-refractivity contribution is 7.92. The van der Waals surface area contributed by atoms with E-state index >= 15 is 0 Å². The predicted octanol–water partition coefficient (Wildman–Crippen LogP) is 3.47. The fourth-order valence-corrected chi connectivity index (χ4v) is 4.72. The molecule has 37 heavy (non-hydrogen) atoms. The van der Waals surface area contributed by atoms with E-state index in [1.807, 2.05) is 13.0 Å². The van der Waals surface area contributed by atoms with Crippen LogP contribution in [0.25, 0.3) is 16.7 Å². The van der Waals surface area contributed by atoms with Crippen LogP contribution in [0.4, 0.5) is 5.95 Å². The Morgan fingerprint density at radius 3 is 2.43 bits per heavy atom. The highest BCUT2D eigenvalue weighted by Gasteiger charge is 2.16. The summed E-state index contributed by atoms with van der Waals surface area (Å²) in [4.78, 5) is 19.9. The Balaban J connectivity index is 1.27. The SMILES string of the molecule is Cc1cc(C)nc(NS(=O)(=O)c2ccc(-n3cc(COc4ccc5c(C)cc(=O)oc5c4)nn3)cc2)n1. The lowest BCUT2D eigenvalue weighted by molar-refractivity contribution is 0.301. The molecule has 0 fully saturated rings. The Morgan fingerprint density at radius 2 is 1.70 bits per heavy atom. The molecule has 0 atom stereocenters. The van der Waals surface area contributed by atoms with Crippen LogP contribution in [0.1, 0.15) is 22.6 Å². The van der Waals surface area contributed by atoms with E-state index in [2.05, 4.69) is 25.0 Å². The van der Waals surface area contributed by atoms with Crippen molar-refractivity contribution < 1.29 is 17.6 Å². The topological polar surface area (TPSA) is 142 Å². The third-order valence-corrected chi connectivity index (χ3v) is 6.81. The number of ether oxygens (including phenoxy) is 1. The van der Waals surface area contributed by atoms with Crippen LogP contribution in [-0.2, 0) is 16.6 Å². The number of nitrogens with zero attached hydrogens (tertiary/aromatic N) is 5. The first-order chi connectivity index (χ1) is 17.7. The van der Waals surface area contributed by atoms with Crippen LogP contribution in [0, 0.1) is 20.8 Å². The standard InChI is InChI=1S/C25H22N6O5S/c1-15-10-24(32)36-23-12-20(6-9-22(15)23)35-14-18-13-31(30-28-18)19-4-7-21(8-5-19)37(33,34)29-25-26-16(2)11-17(3)27-25/h4-13H,14H2,1-3H3,(H,26,27,29). The molecule has 11 nitrogen and oxygen atoms in total. The number of benzene rings is 2. The fourth-order valence-electron chi connectivity index (χ4n) is 3.77. The zero-order chi connectivity index (χ0) is 26.2.